The van der Waals surface area contributed by atoms with Gasteiger partial charge in [0.2, 0.25) is 0 Å². The first-order chi connectivity index (χ1) is 23.2. The van der Waals surface area contributed by atoms with Gasteiger partial charge in [-0.3, -0.25) is 9.69 Å². The van der Waals surface area contributed by atoms with Gasteiger partial charge in [0, 0.05) is 61.7 Å². The molecule has 0 aliphatic carbocycles. The van der Waals surface area contributed by atoms with E-state index in [1.54, 1.807) is 37.4 Å². The highest BCUT2D eigenvalue weighted by molar-refractivity contribution is 6.40. The molecule has 0 aromatic heterocycles. The van der Waals surface area contributed by atoms with E-state index in [1.165, 1.54) is 4.90 Å². The molecule has 2 atom stereocenters. The Kier molecular flexibility index (Phi) is 8.16. The molecule has 0 saturated carbocycles. The van der Waals surface area contributed by atoms with Crippen molar-refractivity contribution in [1.29, 1.82) is 0 Å². The minimum Gasteiger partial charge on any atom is -0.478 e. The molecule has 3 aromatic rings. The number of hydrogen-bond acceptors (Lipinski definition) is 8. The fourth-order valence-electron chi connectivity index (χ4n) is 7.71. The summed E-state index contributed by atoms with van der Waals surface area (Å²) < 4.78 is 32.9. The van der Waals surface area contributed by atoms with E-state index in [2.05, 4.69) is 14.7 Å². The first-order valence-corrected chi connectivity index (χ1v) is 16.9. The molecule has 48 heavy (non-hydrogen) atoms. The number of morpholine rings is 1. The van der Waals surface area contributed by atoms with Gasteiger partial charge in [-0.1, -0.05) is 41.4 Å². The highest BCUT2D eigenvalue weighted by atomic mass is 35.5. The Morgan fingerprint density at radius 3 is 2.33 bits per heavy atom. The molecule has 0 spiro atoms. The van der Waals surface area contributed by atoms with Crippen LogP contribution < -0.4 is 14.5 Å². The molecule has 13 heteroatoms. The van der Waals surface area contributed by atoms with Crippen molar-refractivity contribution in [1.82, 2.24) is 9.80 Å². The molecule has 1 amide bonds. The average molecular weight is 698 g/mol. The quantitative estimate of drug-likeness (QED) is 0.350. The number of rotatable bonds is 7. The van der Waals surface area contributed by atoms with Gasteiger partial charge < -0.3 is 34.0 Å². The predicted molar refractivity (Wildman–Crippen MR) is 179 cm³/mol. The van der Waals surface area contributed by atoms with Crippen LogP contribution in [-0.4, -0.2) is 104 Å². The lowest BCUT2D eigenvalue weighted by atomic mass is 9.96. The molecule has 8 rings (SSSR count). The van der Waals surface area contributed by atoms with Crippen LogP contribution in [0.2, 0.25) is 10.0 Å². The van der Waals surface area contributed by atoms with Gasteiger partial charge in [-0.25, -0.2) is 9.18 Å². The van der Waals surface area contributed by atoms with Crippen LogP contribution in [0, 0.1) is 5.82 Å². The number of methoxy groups -OCH3 is 1. The zero-order chi connectivity index (χ0) is 33.3. The van der Waals surface area contributed by atoms with Gasteiger partial charge in [-0.15, -0.1) is 0 Å². The van der Waals surface area contributed by atoms with Crippen LogP contribution in [0.25, 0.3) is 11.1 Å². The smallest absolute Gasteiger partial charge is 0.337 e. The number of carbonyl (C=O) groups excluding carboxylic acids is 1. The number of nitrogens with zero attached hydrogens (tertiary/aromatic N) is 4. The number of carbonyl (C=O) groups is 2. The Morgan fingerprint density at radius 1 is 0.958 bits per heavy atom. The summed E-state index contributed by atoms with van der Waals surface area (Å²) >= 11 is 13.4. The molecule has 252 valence electrons. The molecule has 5 aliphatic heterocycles. The van der Waals surface area contributed by atoms with Crippen LogP contribution in [0.15, 0.2) is 42.5 Å². The summed E-state index contributed by atoms with van der Waals surface area (Å²) in [6.45, 7) is 4.67. The minimum absolute atomic E-state index is 0.0331. The molecule has 5 heterocycles. The summed E-state index contributed by atoms with van der Waals surface area (Å²) in [5, 5.41) is 10.5. The SMILES string of the molecule is COC1CN(C2CN(c3cc(Cl)c(C(=O)N4COc5c(cccc5-c5cc(N6C7CCC6COC7)c(C(=O)O)cc5F)C4)c(Cl)c3)C2)C1. The maximum atomic E-state index is 15.7. The van der Waals surface area contributed by atoms with E-state index < -0.39 is 11.8 Å². The number of para-hydroxylation sites is 1. The van der Waals surface area contributed by atoms with E-state index in [1.807, 2.05) is 6.07 Å². The molecule has 5 aliphatic rings. The monoisotopic (exact) mass is 696 g/mol. The van der Waals surface area contributed by atoms with Crippen molar-refractivity contribution < 1.29 is 33.3 Å². The van der Waals surface area contributed by atoms with Crippen LogP contribution in [0.4, 0.5) is 15.8 Å². The van der Waals surface area contributed by atoms with Crippen molar-refractivity contribution in [3.8, 4) is 16.9 Å². The van der Waals surface area contributed by atoms with Gasteiger partial charge in [0.25, 0.3) is 5.91 Å². The molecule has 2 bridgehead atoms. The van der Waals surface area contributed by atoms with Crippen molar-refractivity contribution in [2.24, 2.45) is 0 Å². The number of carboxylic acids is 1. The van der Waals surface area contributed by atoms with Crippen molar-refractivity contribution in [2.45, 2.75) is 43.6 Å². The van der Waals surface area contributed by atoms with E-state index in [-0.39, 0.29) is 58.0 Å². The van der Waals surface area contributed by atoms with Crippen molar-refractivity contribution >= 4 is 46.5 Å². The van der Waals surface area contributed by atoms with Gasteiger partial charge in [0.05, 0.1) is 64.8 Å². The first-order valence-electron chi connectivity index (χ1n) is 16.2. The summed E-state index contributed by atoms with van der Waals surface area (Å²) in [6, 6.07) is 12.1. The second-order valence-corrected chi connectivity index (χ2v) is 14.0. The average Bonchev–Trinajstić information content (AvgIpc) is 3.27. The molecule has 0 radical (unpaired) electrons. The van der Waals surface area contributed by atoms with Crippen LogP contribution in [0.1, 0.15) is 39.1 Å². The second-order valence-electron chi connectivity index (χ2n) is 13.2. The van der Waals surface area contributed by atoms with Gasteiger partial charge in [-0.2, -0.15) is 0 Å². The highest BCUT2D eigenvalue weighted by Crippen LogP contribution is 2.43. The molecule has 2 unspecified atom stereocenters. The topological polar surface area (TPSA) is 95.0 Å². The Balaban J connectivity index is 1.02. The third kappa shape index (κ3) is 5.36. The van der Waals surface area contributed by atoms with Crippen LogP contribution in [-0.2, 0) is 16.0 Å². The van der Waals surface area contributed by atoms with Gasteiger partial charge >= 0.3 is 5.97 Å². The Bertz CT molecular complexity index is 1760. The first kappa shape index (κ1) is 31.6. The molecule has 1 N–H and O–H groups in total. The maximum Gasteiger partial charge on any atom is 0.337 e. The van der Waals surface area contributed by atoms with Crippen molar-refractivity contribution in [2.75, 3.05) is 63.0 Å². The van der Waals surface area contributed by atoms with E-state index in [0.29, 0.717) is 47.9 Å². The number of benzene rings is 3. The lowest BCUT2D eigenvalue weighted by molar-refractivity contribution is -0.0555. The number of ether oxygens (including phenoxy) is 3. The van der Waals surface area contributed by atoms with E-state index >= 15 is 4.39 Å². The van der Waals surface area contributed by atoms with Crippen LogP contribution >= 0.6 is 23.2 Å². The molecule has 10 nitrogen and oxygen atoms in total. The van der Waals surface area contributed by atoms with Gasteiger partial charge in [0.15, 0.2) is 6.73 Å². The Morgan fingerprint density at radius 2 is 1.67 bits per heavy atom. The number of likely N-dealkylation sites (tertiary alicyclic amines) is 1. The van der Waals surface area contributed by atoms with E-state index in [0.717, 1.165) is 50.8 Å². The number of halogens is 3. The zero-order valence-corrected chi connectivity index (χ0v) is 27.8. The number of fused-ring (bicyclic) bond motifs is 3. The third-order valence-corrected chi connectivity index (χ3v) is 11.0. The van der Waals surface area contributed by atoms with Crippen LogP contribution in [0.3, 0.4) is 0 Å². The summed E-state index contributed by atoms with van der Waals surface area (Å²) in [4.78, 5) is 34.2. The standard InChI is InChI=1S/C35H35Cl2FN4O6/c1-46-24-14-40(15-24)23-12-39(13-23)22-7-28(36)32(29(37)8-22)34(43)41-11-19-3-2-4-25(33(19)48-18-41)26-10-31(27(35(44)45)9-30(26)38)42-20-5-6-21(42)17-47-16-20/h2-4,7-10,20-21,23-24H,5-6,11-18H2,1H3,(H,44,45). The van der Waals surface area contributed by atoms with Crippen molar-refractivity contribution in [3.63, 3.8) is 0 Å². The normalized spacial score (nSPS) is 22.6. The number of amides is 1. The van der Waals surface area contributed by atoms with E-state index in [9.17, 15) is 14.7 Å². The largest absolute Gasteiger partial charge is 0.478 e. The lowest BCUT2D eigenvalue weighted by Crippen LogP contribution is -2.67. The number of anilines is 2. The van der Waals surface area contributed by atoms with Gasteiger partial charge in [0.1, 0.15) is 11.6 Å². The zero-order valence-electron chi connectivity index (χ0n) is 26.3. The predicted octanol–water partition coefficient (Wildman–Crippen LogP) is 5.38. The third-order valence-electron chi connectivity index (χ3n) is 10.4. The summed E-state index contributed by atoms with van der Waals surface area (Å²) in [5.74, 6) is -1.78. The van der Waals surface area contributed by atoms with E-state index in [4.69, 9.17) is 37.4 Å². The second kappa shape index (κ2) is 12.4. The maximum absolute atomic E-state index is 15.7. The van der Waals surface area contributed by atoms with Crippen molar-refractivity contribution in [3.05, 3.63) is 75.0 Å². The van der Waals surface area contributed by atoms with Crippen LogP contribution in [0.5, 0.6) is 5.75 Å². The highest BCUT2D eigenvalue weighted by Gasteiger charge is 2.41. The molecule has 4 fully saturated rings. The Hall–Kier alpha value is -3.61. The molecular formula is C35H35Cl2FN4O6. The lowest BCUT2D eigenvalue weighted by Gasteiger charge is -2.52. The fourth-order valence-corrected chi connectivity index (χ4v) is 8.35. The number of carboxylic acid groups (broad SMARTS) is 1. The molecule has 3 aromatic carbocycles. The summed E-state index contributed by atoms with van der Waals surface area (Å²) in [7, 11) is 1.74. The van der Waals surface area contributed by atoms with Gasteiger partial charge in [-0.05, 0) is 37.1 Å². The molecular weight excluding hydrogens is 662 g/mol. The summed E-state index contributed by atoms with van der Waals surface area (Å²) in [6.07, 6.45) is 2.07. The fraction of sp³-hybridized carbons (Fsp3) is 0.429. The number of hydrogen-bond donors (Lipinski definition) is 1. The molecule has 4 saturated heterocycles. The Labute approximate surface area is 287 Å². The minimum atomic E-state index is -1.19. The summed E-state index contributed by atoms with van der Waals surface area (Å²) in [5.41, 5.74) is 2.86. The number of aromatic carboxylic acids is 1.